The van der Waals surface area contributed by atoms with Gasteiger partial charge in [0.15, 0.2) is 0 Å². The molecular formula is C16H22N4O4S2. The summed E-state index contributed by atoms with van der Waals surface area (Å²) in [5, 5.41) is 10.2. The van der Waals surface area contributed by atoms with Crippen molar-refractivity contribution in [2.24, 2.45) is 5.41 Å². The molecule has 0 saturated heterocycles. The number of benzene rings is 1. The molecule has 0 unspecified atom stereocenters. The molecule has 1 amide bonds. The van der Waals surface area contributed by atoms with E-state index in [0.717, 1.165) is 16.9 Å². The lowest BCUT2D eigenvalue weighted by Gasteiger charge is -2.16. The number of rotatable bonds is 6. The third kappa shape index (κ3) is 4.77. The fourth-order valence-corrected chi connectivity index (χ4v) is 4.10. The molecule has 0 aliphatic rings. The smallest absolute Gasteiger partial charge is 0.272 e. The summed E-state index contributed by atoms with van der Waals surface area (Å²) in [6, 6.07) is 7.11. The first kappa shape index (κ1) is 20.3. The van der Waals surface area contributed by atoms with Crippen LogP contribution in [0, 0.1) is 5.41 Å². The molecule has 0 saturated carbocycles. The summed E-state index contributed by atoms with van der Waals surface area (Å²) in [7, 11) is -0.774. The number of nitrogens with one attached hydrogen (secondary N) is 1. The van der Waals surface area contributed by atoms with E-state index in [2.05, 4.69) is 15.5 Å². The number of aromatic nitrogens is 2. The largest absolute Gasteiger partial charge is 0.497 e. The Kier molecular flexibility index (Phi) is 5.99. The predicted octanol–water partition coefficient (Wildman–Crippen LogP) is 2.35. The van der Waals surface area contributed by atoms with E-state index in [1.54, 1.807) is 52.1 Å². The molecule has 2 rings (SSSR count). The monoisotopic (exact) mass is 398 g/mol. The average Bonchev–Trinajstić information content (AvgIpc) is 3.04. The van der Waals surface area contributed by atoms with Crippen LogP contribution in [0.3, 0.4) is 0 Å². The van der Waals surface area contributed by atoms with Gasteiger partial charge in [0, 0.05) is 19.0 Å². The maximum atomic E-state index is 12.7. The minimum absolute atomic E-state index is 0.154. The third-order valence-corrected chi connectivity index (χ3v) is 6.49. The first-order chi connectivity index (χ1) is 12.0. The highest BCUT2D eigenvalue weighted by atomic mass is 32.2. The van der Waals surface area contributed by atoms with Gasteiger partial charge in [0.1, 0.15) is 5.75 Å². The number of amides is 1. The Labute approximate surface area is 157 Å². The lowest BCUT2D eigenvalue weighted by atomic mass is 9.96. The second-order valence-corrected chi connectivity index (χ2v) is 9.88. The zero-order chi connectivity index (χ0) is 19.5. The number of anilines is 1. The maximum Gasteiger partial charge on any atom is 0.272 e. The van der Waals surface area contributed by atoms with Crippen molar-refractivity contribution in [2.75, 3.05) is 19.5 Å². The molecule has 1 aromatic heterocycles. The van der Waals surface area contributed by atoms with Crippen molar-refractivity contribution < 1.29 is 17.9 Å². The van der Waals surface area contributed by atoms with Gasteiger partial charge in [0.05, 0.1) is 7.11 Å². The van der Waals surface area contributed by atoms with Gasteiger partial charge in [-0.2, -0.15) is 4.31 Å². The number of hydrogen-bond donors (Lipinski definition) is 1. The number of nitrogens with zero attached hydrogens (tertiary/aromatic N) is 3. The Morgan fingerprint density at radius 3 is 2.38 bits per heavy atom. The molecule has 10 heteroatoms. The molecule has 0 spiro atoms. The Hall–Kier alpha value is -2.04. The van der Waals surface area contributed by atoms with Gasteiger partial charge in [-0.15, -0.1) is 10.2 Å². The number of methoxy groups -OCH3 is 1. The van der Waals surface area contributed by atoms with Gasteiger partial charge < -0.3 is 10.1 Å². The molecule has 26 heavy (non-hydrogen) atoms. The van der Waals surface area contributed by atoms with E-state index < -0.39 is 15.4 Å². The molecule has 0 aliphatic heterocycles. The molecule has 1 N–H and O–H groups in total. The molecule has 142 valence electrons. The summed E-state index contributed by atoms with van der Waals surface area (Å²) in [5.74, 6) is 0.437. The van der Waals surface area contributed by atoms with E-state index in [9.17, 15) is 13.2 Å². The van der Waals surface area contributed by atoms with E-state index >= 15 is 0 Å². The summed E-state index contributed by atoms with van der Waals surface area (Å²) in [6.45, 7) is 5.44. The van der Waals surface area contributed by atoms with Crippen molar-refractivity contribution in [2.45, 2.75) is 31.7 Å². The number of carbonyl (C=O) groups is 1. The van der Waals surface area contributed by atoms with Gasteiger partial charge in [0.2, 0.25) is 15.4 Å². The molecule has 1 heterocycles. The fourth-order valence-electron chi connectivity index (χ4n) is 1.86. The minimum Gasteiger partial charge on any atom is -0.497 e. The molecule has 2 aromatic rings. The van der Waals surface area contributed by atoms with Crippen molar-refractivity contribution in [3.8, 4) is 5.75 Å². The van der Waals surface area contributed by atoms with Crippen LogP contribution in [-0.4, -0.2) is 43.0 Å². The number of carbonyl (C=O) groups excluding carboxylic acids is 1. The highest BCUT2D eigenvalue weighted by Gasteiger charge is 2.28. The zero-order valence-electron chi connectivity index (χ0n) is 15.3. The lowest BCUT2D eigenvalue weighted by molar-refractivity contribution is -0.123. The Morgan fingerprint density at radius 1 is 1.23 bits per heavy atom. The normalized spacial score (nSPS) is 12.2. The Bertz CT molecular complexity index is 870. The van der Waals surface area contributed by atoms with Crippen LogP contribution in [0.4, 0.5) is 5.13 Å². The summed E-state index contributed by atoms with van der Waals surface area (Å²) < 4.78 is 31.4. The van der Waals surface area contributed by atoms with Crippen LogP contribution in [0.1, 0.15) is 26.3 Å². The van der Waals surface area contributed by atoms with E-state index in [4.69, 9.17) is 4.74 Å². The van der Waals surface area contributed by atoms with Crippen molar-refractivity contribution in [3.05, 3.63) is 29.8 Å². The fraction of sp³-hybridized carbons (Fsp3) is 0.438. The molecule has 0 aliphatic carbocycles. The standard InChI is InChI=1S/C16H22N4O4S2/c1-16(2,3)13(21)17-14-18-19-15(25-14)26(22,23)20(4)10-11-6-8-12(24-5)9-7-11/h6-9H,10H2,1-5H3,(H,17,18,21). The molecule has 0 fully saturated rings. The van der Waals surface area contributed by atoms with Gasteiger partial charge in [-0.3, -0.25) is 4.79 Å². The van der Waals surface area contributed by atoms with Crippen LogP contribution in [0.2, 0.25) is 0 Å². The van der Waals surface area contributed by atoms with Crippen LogP contribution < -0.4 is 10.1 Å². The van der Waals surface area contributed by atoms with Crippen molar-refractivity contribution in [1.29, 1.82) is 0 Å². The molecule has 0 atom stereocenters. The number of sulfonamides is 1. The van der Waals surface area contributed by atoms with Gasteiger partial charge in [-0.25, -0.2) is 8.42 Å². The first-order valence-electron chi connectivity index (χ1n) is 7.78. The molecular weight excluding hydrogens is 376 g/mol. The van der Waals surface area contributed by atoms with Crippen molar-refractivity contribution in [1.82, 2.24) is 14.5 Å². The molecule has 1 aromatic carbocycles. The predicted molar refractivity (Wildman–Crippen MR) is 99.6 cm³/mol. The topological polar surface area (TPSA) is 101 Å². The second kappa shape index (κ2) is 7.68. The molecule has 0 bridgehead atoms. The summed E-state index contributed by atoms with van der Waals surface area (Å²) in [4.78, 5) is 12.0. The van der Waals surface area contributed by atoms with Gasteiger partial charge >= 0.3 is 0 Å². The van der Waals surface area contributed by atoms with Crippen LogP contribution in [0.15, 0.2) is 28.6 Å². The highest BCUT2D eigenvalue weighted by Crippen LogP contribution is 2.25. The van der Waals surface area contributed by atoms with Crippen LogP contribution in [-0.2, 0) is 21.4 Å². The third-order valence-electron chi connectivity index (χ3n) is 3.50. The molecule has 0 radical (unpaired) electrons. The van der Waals surface area contributed by atoms with Crippen molar-refractivity contribution >= 4 is 32.4 Å². The highest BCUT2D eigenvalue weighted by molar-refractivity contribution is 7.91. The Morgan fingerprint density at radius 2 is 1.85 bits per heavy atom. The second-order valence-electron chi connectivity index (χ2n) is 6.69. The van der Waals surface area contributed by atoms with Crippen LogP contribution >= 0.6 is 11.3 Å². The molecule has 8 nitrogen and oxygen atoms in total. The lowest BCUT2D eigenvalue weighted by Crippen LogP contribution is -2.27. The van der Waals surface area contributed by atoms with Crippen LogP contribution in [0.25, 0.3) is 0 Å². The van der Waals surface area contributed by atoms with E-state index in [-0.39, 0.29) is 21.9 Å². The summed E-state index contributed by atoms with van der Waals surface area (Å²) in [5.41, 5.74) is 0.193. The number of ether oxygens (including phenoxy) is 1. The Balaban J connectivity index is 2.12. The van der Waals surface area contributed by atoms with E-state index in [1.165, 1.54) is 11.4 Å². The van der Waals surface area contributed by atoms with E-state index in [1.807, 2.05) is 0 Å². The minimum atomic E-state index is -3.81. The average molecular weight is 399 g/mol. The quantitative estimate of drug-likeness (QED) is 0.750. The number of hydrogen-bond acceptors (Lipinski definition) is 7. The van der Waals surface area contributed by atoms with Gasteiger partial charge in [0.25, 0.3) is 10.0 Å². The van der Waals surface area contributed by atoms with Crippen LogP contribution in [0.5, 0.6) is 5.75 Å². The first-order valence-corrected chi connectivity index (χ1v) is 10.0. The van der Waals surface area contributed by atoms with Gasteiger partial charge in [-0.1, -0.05) is 44.2 Å². The SMILES string of the molecule is COc1ccc(CN(C)S(=O)(=O)c2nnc(NC(=O)C(C)(C)C)s2)cc1. The summed E-state index contributed by atoms with van der Waals surface area (Å²) in [6.07, 6.45) is 0. The maximum absolute atomic E-state index is 12.7. The van der Waals surface area contributed by atoms with Crippen molar-refractivity contribution in [3.63, 3.8) is 0 Å². The van der Waals surface area contributed by atoms with Gasteiger partial charge in [-0.05, 0) is 17.7 Å². The summed E-state index contributed by atoms with van der Waals surface area (Å²) >= 11 is 0.825. The zero-order valence-corrected chi connectivity index (χ0v) is 16.9. The van der Waals surface area contributed by atoms with E-state index in [0.29, 0.717) is 5.75 Å².